The van der Waals surface area contributed by atoms with Gasteiger partial charge in [0.2, 0.25) is 0 Å². The standard InChI is InChI=1S/C25H33ClN4O2S2/c1-3-12-30(13-11-26)20-5-7-21(8-6-20)32-34-23(22-10-16-33-25(22)27)17-19-4-9-24(28-18-19)29(2)14-15-31/h4-10,16,18,23,31H,3,11-15,17,27H2,1-2H3. The summed E-state index contributed by atoms with van der Waals surface area (Å²) in [7, 11) is 1.92. The molecule has 0 spiro atoms. The first-order chi connectivity index (χ1) is 16.5. The molecule has 0 saturated heterocycles. The van der Waals surface area contributed by atoms with Gasteiger partial charge in [0.05, 0.1) is 28.9 Å². The Morgan fingerprint density at radius 2 is 1.94 bits per heavy atom. The first-order valence-electron chi connectivity index (χ1n) is 11.4. The van der Waals surface area contributed by atoms with Gasteiger partial charge in [-0.2, -0.15) is 0 Å². The van der Waals surface area contributed by atoms with Crippen molar-refractivity contribution in [1.29, 1.82) is 0 Å². The first-order valence-corrected chi connectivity index (χ1v) is 13.6. The summed E-state index contributed by atoms with van der Waals surface area (Å²) in [4.78, 5) is 8.76. The van der Waals surface area contributed by atoms with Gasteiger partial charge in [0.1, 0.15) is 11.6 Å². The first kappa shape index (κ1) is 26.5. The number of halogens is 1. The van der Waals surface area contributed by atoms with Gasteiger partial charge in [-0.1, -0.05) is 13.0 Å². The van der Waals surface area contributed by atoms with Crippen molar-refractivity contribution in [2.24, 2.45) is 0 Å². The molecule has 184 valence electrons. The number of aliphatic hydroxyl groups is 1. The molecule has 0 fully saturated rings. The molecule has 0 amide bonds. The van der Waals surface area contributed by atoms with Crippen LogP contribution in [0.15, 0.2) is 54.0 Å². The van der Waals surface area contributed by atoms with E-state index in [0.29, 0.717) is 12.4 Å². The number of nitrogens with two attached hydrogens (primary N) is 1. The minimum Gasteiger partial charge on any atom is -0.425 e. The topological polar surface area (TPSA) is 74.8 Å². The van der Waals surface area contributed by atoms with Crippen molar-refractivity contribution >= 4 is 51.5 Å². The number of aliphatic hydroxyl groups excluding tert-OH is 1. The monoisotopic (exact) mass is 520 g/mol. The van der Waals surface area contributed by atoms with Crippen LogP contribution in [-0.2, 0) is 6.42 Å². The smallest absolute Gasteiger partial charge is 0.137 e. The highest BCUT2D eigenvalue weighted by Gasteiger charge is 2.20. The van der Waals surface area contributed by atoms with E-state index in [2.05, 4.69) is 41.1 Å². The summed E-state index contributed by atoms with van der Waals surface area (Å²) in [5.41, 5.74) is 9.58. The Hall–Kier alpha value is -2.13. The number of nitrogen functional groups attached to an aromatic ring is 1. The van der Waals surface area contributed by atoms with Crippen molar-refractivity contribution in [3.8, 4) is 5.75 Å². The van der Waals surface area contributed by atoms with Crippen LogP contribution in [0.25, 0.3) is 0 Å². The summed E-state index contributed by atoms with van der Waals surface area (Å²) in [6.45, 7) is 4.61. The molecule has 3 N–H and O–H groups in total. The van der Waals surface area contributed by atoms with Gasteiger partial charge in [0, 0.05) is 50.0 Å². The van der Waals surface area contributed by atoms with Gasteiger partial charge in [-0.05, 0) is 60.2 Å². The van der Waals surface area contributed by atoms with E-state index in [4.69, 9.17) is 26.6 Å². The molecule has 1 aromatic carbocycles. The number of anilines is 3. The van der Waals surface area contributed by atoms with Gasteiger partial charge in [-0.25, -0.2) is 4.98 Å². The number of thiophene rings is 1. The summed E-state index contributed by atoms with van der Waals surface area (Å²) in [5.74, 6) is 2.24. The van der Waals surface area contributed by atoms with Crippen molar-refractivity contribution in [3.63, 3.8) is 0 Å². The molecule has 0 aliphatic carbocycles. The van der Waals surface area contributed by atoms with E-state index in [0.717, 1.165) is 59.3 Å². The Kier molecular flexibility index (Phi) is 10.7. The zero-order valence-electron chi connectivity index (χ0n) is 19.7. The van der Waals surface area contributed by atoms with E-state index < -0.39 is 0 Å². The third-order valence-electron chi connectivity index (χ3n) is 5.44. The summed E-state index contributed by atoms with van der Waals surface area (Å²) in [5, 5.41) is 12.0. The maximum absolute atomic E-state index is 9.14. The van der Waals surface area contributed by atoms with E-state index in [1.807, 2.05) is 41.7 Å². The van der Waals surface area contributed by atoms with Crippen LogP contribution in [0.3, 0.4) is 0 Å². The lowest BCUT2D eigenvalue weighted by Gasteiger charge is -2.23. The third kappa shape index (κ3) is 7.43. The van der Waals surface area contributed by atoms with E-state index in [1.54, 1.807) is 0 Å². The Morgan fingerprint density at radius 1 is 1.15 bits per heavy atom. The number of pyridine rings is 1. The average molecular weight is 521 g/mol. The number of benzene rings is 1. The second-order valence-electron chi connectivity index (χ2n) is 7.95. The lowest BCUT2D eigenvalue weighted by atomic mass is 10.1. The van der Waals surface area contributed by atoms with Gasteiger partial charge in [0.15, 0.2) is 0 Å². The zero-order chi connectivity index (χ0) is 24.3. The normalized spacial score (nSPS) is 11.9. The van der Waals surface area contributed by atoms with Crippen molar-refractivity contribution in [2.75, 3.05) is 54.7 Å². The minimum atomic E-state index is 0.0292. The Morgan fingerprint density at radius 3 is 2.53 bits per heavy atom. The van der Waals surface area contributed by atoms with E-state index in [-0.39, 0.29) is 11.9 Å². The van der Waals surface area contributed by atoms with Gasteiger partial charge < -0.3 is 24.8 Å². The Balaban J connectivity index is 1.68. The number of hydrogen-bond acceptors (Lipinski definition) is 8. The molecule has 3 aromatic rings. The van der Waals surface area contributed by atoms with Gasteiger partial charge in [-0.15, -0.1) is 22.9 Å². The molecule has 1 unspecified atom stereocenters. The van der Waals surface area contributed by atoms with Crippen molar-refractivity contribution in [2.45, 2.75) is 25.0 Å². The Labute approximate surface area is 215 Å². The molecule has 3 rings (SSSR count). The fourth-order valence-electron chi connectivity index (χ4n) is 3.60. The van der Waals surface area contributed by atoms with E-state index in [9.17, 15) is 0 Å². The predicted molar refractivity (Wildman–Crippen MR) is 148 cm³/mol. The van der Waals surface area contributed by atoms with Gasteiger partial charge in [0.25, 0.3) is 0 Å². The summed E-state index contributed by atoms with van der Waals surface area (Å²) in [6, 6.07) is 14.3. The van der Waals surface area contributed by atoms with E-state index in [1.165, 1.54) is 23.4 Å². The average Bonchev–Trinajstić information content (AvgIpc) is 3.28. The van der Waals surface area contributed by atoms with Crippen LogP contribution in [0, 0.1) is 0 Å². The van der Waals surface area contributed by atoms with Crippen LogP contribution in [-0.4, -0.2) is 49.3 Å². The molecule has 0 saturated carbocycles. The van der Waals surface area contributed by atoms with Crippen molar-refractivity contribution in [3.05, 3.63) is 65.2 Å². The number of hydrogen-bond donors (Lipinski definition) is 2. The molecular weight excluding hydrogens is 488 g/mol. The number of alkyl halides is 1. The van der Waals surface area contributed by atoms with Gasteiger partial charge >= 0.3 is 0 Å². The number of aromatic nitrogens is 1. The van der Waals surface area contributed by atoms with Crippen LogP contribution in [0.5, 0.6) is 5.75 Å². The number of nitrogens with zero attached hydrogens (tertiary/aromatic N) is 3. The largest absolute Gasteiger partial charge is 0.425 e. The zero-order valence-corrected chi connectivity index (χ0v) is 22.1. The van der Waals surface area contributed by atoms with Gasteiger partial charge in [-0.3, -0.25) is 0 Å². The fourth-order valence-corrected chi connectivity index (χ4v) is 5.50. The van der Waals surface area contributed by atoms with Crippen molar-refractivity contribution < 1.29 is 9.29 Å². The summed E-state index contributed by atoms with van der Waals surface area (Å²) in [6.07, 6.45) is 3.69. The highest BCUT2D eigenvalue weighted by Crippen LogP contribution is 2.39. The molecule has 2 aromatic heterocycles. The van der Waals surface area contributed by atoms with Crippen molar-refractivity contribution in [1.82, 2.24) is 4.98 Å². The highest BCUT2D eigenvalue weighted by molar-refractivity contribution is 7.95. The minimum absolute atomic E-state index is 0.0292. The molecule has 34 heavy (non-hydrogen) atoms. The summed E-state index contributed by atoms with van der Waals surface area (Å²) < 4.78 is 6.13. The quantitative estimate of drug-likeness (QED) is 0.211. The third-order valence-corrected chi connectivity index (χ3v) is 7.31. The van der Waals surface area contributed by atoms with Crippen LogP contribution in [0.4, 0.5) is 16.5 Å². The molecule has 0 aliphatic heterocycles. The molecule has 9 heteroatoms. The maximum atomic E-state index is 9.14. The van der Waals surface area contributed by atoms with Crippen LogP contribution >= 0.6 is 35.0 Å². The summed E-state index contributed by atoms with van der Waals surface area (Å²) >= 11 is 8.92. The highest BCUT2D eigenvalue weighted by atomic mass is 35.5. The molecular formula is C25H33ClN4O2S2. The molecule has 1 atom stereocenters. The lowest BCUT2D eigenvalue weighted by molar-refractivity contribution is 0.304. The second kappa shape index (κ2) is 13.7. The molecule has 0 aliphatic rings. The SMILES string of the molecule is CCCN(CCCl)c1ccc(OSC(Cc2ccc(N(C)CCO)nc2)c2ccsc2N)cc1. The number of rotatable bonds is 14. The predicted octanol–water partition coefficient (Wildman–Crippen LogP) is 5.62. The fraction of sp³-hybridized carbons (Fsp3) is 0.400. The van der Waals surface area contributed by atoms with E-state index >= 15 is 0 Å². The molecule has 0 radical (unpaired) electrons. The maximum Gasteiger partial charge on any atom is 0.137 e. The Bertz CT molecular complexity index is 979. The second-order valence-corrected chi connectivity index (χ2v) is 10.2. The lowest BCUT2D eigenvalue weighted by Crippen LogP contribution is -2.26. The number of likely N-dealkylation sites (N-methyl/N-ethyl adjacent to an activating group) is 1. The molecule has 6 nitrogen and oxygen atoms in total. The molecule has 2 heterocycles. The van der Waals surface area contributed by atoms with Crippen LogP contribution < -0.4 is 19.7 Å². The van der Waals surface area contributed by atoms with Crippen LogP contribution in [0.1, 0.15) is 29.7 Å². The molecule has 0 bridgehead atoms. The van der Waals surface area contributed by atoms with Crippen LogP contribution in [0.2, 0.25) is 0 Å².